The molecule has 0 aliphatic carbocycles. The normalized spacial score (nSPS) is 11.4. The lowest BCUT2D eigenvalue weighted by atomic mass is 10.2. The van der Waals surface area contributed by atoms with Gasteiger partial charge in [0.25, 0.3) is 0 Å². The van der Waals surface area contributed by atoms with Crippen LogP contribution in [0.5, 0.6) is 0 Å². The van der Waals surface area contributed by atoms with Crippen molar-refractivity contribution >= 4 is 49.5 Å². The van der Waals surface area contributed by atoms with E-state index in [9.17, 15) is 0 Å². The van der Waals surface area contributed by atoms with Crippen molar-refractivity contribution in [3.05, 3.63) is 75.8 Å². The van der Waals surface area contributed by atoms with E-state index in [0.717, 1.165) is 16.6 Å². The highest BCUT2D eigenvalue weighted by molar-refractivity contribution is 9.10. The van der Waals surface area contributed by atoms with Gasteiger partial charge in [0, 0.05) is 33.7 Å². The number of rotatable bonds is 5. The predicted molar refractivity (Wildman–Crippen MR) is 106 cm³/mol. The number of aromatic nitrogens is 3. The second kappa shape index (κ2) is 7.16. The van der Waals surface area contributed by atoms with Gasteiger partial charge in [-0.1, -0.05) is 57.6 Å². The van der Waals surface area contributed by atoms with Gasteiger partial charge in [-0.2, -0.15) is 5.10 Å². The first-order valence-corrected chi connectivity index (χ1v) is 9.34. The summed E-state index contributed by atoms with van der Waals surface area (Å²) in [6, 6.07) is 16.7. The Morgan fingerprint density at radius 2 is 2.00 bits per heavy atom. The molecule has 0 saturated carbocycles. The number of hydrazone groups is 1. The van der Waals surface area contributed by atoms with Gasteiger partial charge in [-0.3, -0.25) is 5.43 Å². The lowest BCUT2D eigenvalue weighted by Crippen LogP contribution is -1.97. The molecule has 7 heteroatoms. The lowest BCUT2D eigenvalue weighted by Gasteiger charge is -2.05. The van der Waals surface area contributed by atoms with Gasteiger partial charge >= 0.3 is 0 Å². The Morgan fingerprint density at radius 1 is 1.16 bits per heavy atom. The molecule has 2 aromatic heterocycles. The van der Waals surface area contributed by atoms with E-state index in [1.807, 2.05) is 12.3 Å². The number of nitrogens with zero attached hydrogens (tertiary/aromatic N) is 4. The van der Waals surface area contributed by atoms with Crippen molar-refractivity contribution in [3.63, 3.8) is 0 Å². The molecule has 4 aromatic rings. The molecule has 1 N–H and O–H groups in total. The van der Waals surface area contributed by atoms with Crippen molar-refractivity contribution in [1.82, 2.24) is 14.8 Å². The monoisotopic (exact) mass is 411 g/mol. The molecule has 0 unspecified atom stereocenters. The molecular formula is C18H14BrN5S. The molecule has 0 fully saturated rings. The van der Waals surface area contributed by atoms with E-state index < -0.39 is 0 Å². The average Bonchev–Trinajstić information content (AvgIpc) is 3.26. The second-order valence-electron chi connectivity index (χ2n) is 5.47. The van der Waals surface area contributed by atoms with Crippen LogP contribution in [0, 0.1) is 0 Å². The van der Waals surface area contributed by atoms with Crippen LogP contribution in [0.1, 0.15) is 11.1 Å². The zero-order valence-corrected chi connectivity index (χ0v) is 15.5. The third-order valence-electron chi connectivity index (χ3n) is 3.81. The van der Waals surface area contributed by atoms with Gasteiger partial charge in [0.05, 0.1) is 6.21 Å². The van der Waals surface area contributed by atoms with E-state index in [-0.39, 0.29) is 0 Å². The fourth-order valence-electron chi connectivity index (χ4n) is 2.67. The molecule has 2 aromatic carbocycles. The molecule has 0 spiro atoms. The van der Waals surface area contributed by atoms with Crippen molar-refractivity contribution in [2.45, 2.75) is 6.54 Å². The Morgan fingerprint density at radius 3 is 2.80 bits per heavy atom. The van der Waals surface area contributed by atoms with Crippen LogP contribution >= 0.6 is 27.3 Å². The van der Waals surface area contributed by atoms with Crippen molar-refractivity contribution in [2.75, 3.05) is 5.43 Å². The maximum Gasteiger partial charge on any atom is 0.225 e. The van der Waals surface area contributed by atoms with Crippen molar-refractivity contribution in [2.24, 2.45) is 5.10 Å². The fourth-order valence-corrected chi connectivity index (χ4v) is 3.33. The lowest BCUT2D eigenvalue weighted by molar-refractivity contribution is 0.836. The molecule has 4 rings (SSSR count). The first-order chi connectivity index (χ1) is 12.3. The van der Waals surface area contributed by atoms with Crippen LogP contribution in [0.2, 0.25) is 0 Å². The molecule has 25 heavy (non-hydrogen) atoms. The molecule has 124 valence electrons. The van der Waals surface area contributed by atoms with Crippen LogP contribution < -0.4 is 5.43 Å². The molecule has 0 aliphatic rings. The zero-order valence-electron chi connectivity index (χ0n) is 13.1. The van der Waals surface area contributed by atoms with E-state index in [0.29, 0.717) is 5.13 Å². The van der Waals surface area contributed by atoms with E-state index >= 15 is 0 Å². The van der Waals surface area contributed by atoms with Crippen molar-refractivity contribution in [3.8, 4) is 0 Å². The summed E-state index contributed by atoms with van der Waals surface area (Å²) in [6.45, 7) is 0.811. The topological polar surface area (TPSA) is 55.1 Å². The van der Waals surface area contributed by atoms with Crippen LogP contribution in [0.4, 0.5) is 5.13 Å². The summed E-state index contributed by atoms with van der Waals surface area (Å²) >= 11 is 4.89. The molecule has 0 bridgehead atoms. The molecule has 0 amide bonds. The third-order valence-corrected chi connectivity index (χ3v) is 4.93. The number of halogens is 1. The Hall–Kier alpha value is -2.51. The molecule has 2 heterocycles. The molecule has 5 nitrogen and oxygen atoms in total. The van der Waals surface area contributed by atoms with Gasteiger partial charge in [-0.25, -0.2) is 0 Å². The number of hydrogen-bond acceptors (Lipinski definition) is 5. The SMILES string of the molecule is Brc1ccc(Cn2cc(/C=N/Nc3nncs3)c3ccccc32)cc1. The minimum absolute atomic E-state index is 0.676. The summed E-state index contributed by atoms with van der Waals surface area (Å²) in [5, 5.41) is 13.8. The highest BCUT2D eigenvalue weighted by Crippen LogP contribution is 2.22. The number of fused-ring (bicyclic) bond motifs is 1. The molecule has 0 saturated heterocycles. The smallest absolute Gasteiger partial charge is 0.225 e. The largest absolute Gasteiger partial charge is 0.342 e. The first kappa shape index (κ1) is 16.0. The van der Waals surface area contributed by atoms with Crippen LogP contribution in [-0.2, 0) is 6.54 Å². The average molecular weight is 412 g/mol. The number of para-hydroxylation sites is 1. The van der Waals surface area contributed by atoms with Crippen LogP contribution in [0.3, 0.4) is 0 Å². The van der Waals surface area contributed by atoms with Crippen LogP contribution in [0.25, 0.3) is 10.9 Å². The second-order valence-corrected chi connectivity index (χ2v) is 7.22. The van der Waals surface area contributed by atoms with Gasteiger partial charge < -0.3 is 4.57 Å². The summed E-state index contributed by atoms with van der Waals surface area (Å²) in [4.78, 5) is 0. The Balaban J connectivity index is 1.63. The van der Waals surface area contributed by atoms with Crippen molar-refractivity contribution in [1.29, 1.82) is 0 Å². The van der Waals surface area contributed by atoms with Gasteiger partial charge in [0.1, 0.15) is 5.51 Å². The first-order valence-electron chi connectivity index (χ1n) is 7.67. The maximum atomic E-state index is 4.28. The summed E-state index contributed by atoms with van der Waals surface area (Å²) < 4.78 is 3.33. The molecule has 0 radical (unpaired) electrons. The predicted octanol–water partition coefficient (Wildman–Crippen LogP) is 4.75. The van der Waals surface area contributed by atoms with Crippen molar-refractivity contribution < 1.29 is 0 Å². The van der Waals surface area contributed by atoms with Gasteiger partial charge in [-0.15, -0.1) is 10.2 Å². The Kier molecular flexibility index (Phi) is 4.58. The summed E-state index contributed by atoms with van der Waals surface area (Å²) in [5.74, 6) is 0. The van der Waals surface area contributed by atoms with Crippen LogP contribution in [-0.4, -0.2) is 21.0 Å². The van der Waals surface area contributed by atoms with E-state index in [4.69, 9.17) is 0 Å². The van der Waals surface area contributed by atoms with Gasteiger partial charge in [0.2, 0.25) is 5.13 Å². The number of benzene rings is 2. The number of anilines is 1. The minimum atomic E-state index is 0.676. The molecular weight excluding hydrogens is 398 g/mol. The third kappa shape index (κ3) is 3.62. The highest BCUT2D eigenvalue weighted by atomic mass is 79.9. The van der Waals surface area contributed by atoms with Gasteiger partial charge in [0.15, 0.2) is 0 Å². The summed E-state index contributed by atoms with van der Waals surface area (Å²) in [5.41, 5.74) is 8.06. The Labute approximate surface area is 157 Å². The number of nitrogens with one attached hydrogen (secondary N) is 1. The summed E-state index contributed by atoms with van der Waals surface area (Å²) in [6.07, 6.45) is 3.94. The zero-order chi connectivity index (χ0) is 17.1. The quantitative estimate of drug-likeness (QED) is 0.380. The standard InChI is InChI=1S/C18H14BrN5S/c19-15-7-5-13(6-8-15)10-24-11-14(16-3-1-2-4-17(16)24)9-20-22-18-23-21-12-25-18/h1-9,11-12H,10H2,(H,22,23)/b20-9+. The summed E-state index contributed by atoms with van der Waals surface area (Å²) in [7, 11) is 0. The molecule has 0 atom stereocenters. The van der Waals surface area contributed by atoms with E-state index in [2.05, 4.69) is 89.9 Å². The van der Waals surface area contributed by atoms with Crippen LogP contribution in [0.15, 0.2) is 69.8 Å². The fraction of sp³-hybridized carbons (Fsp3) is 0.0556. The number of hydrogen-bond donors (Lipinski definition) is 1. The Bertz CT molecular complexity index is 1010. The van der Waals surface area contributed by atoms with Gasteiger partial charge in [-0.05, 0) is 23.8 Å². The van der Waals surface area contributed by atoms with E-state index in [1.165, 1.54) is 27.8 Å². The molecule has 0 aliphatic heterocycles. The maximum absolute atomic E-state index is 4.28. The van der Waals surface area contributed by atoms with E-state index in [1.54, 1.807) is 5.51 Å². The highest BCUT2D eigenvalue weighted by Gasteiger charge is 2.07. The minimum Gasteiger partial charge on any atom is -0.342 e.